The summed E-state index contributed by atoms with van der Waals surface area (Å²) in [5.74, 6) is -0.961. The molecule has 1 aromatic carbocycles. The number of carbonyl (C=O) groups is 2. The van der Waals surface area contributed by atoms with Gasteiger partial charge in [-0.05, 0) is 49.9 Å². The lowest BCUT2D eigenvalue weighted by molar-refractivity contribution is -0.146. The number of benzene rings is 1. The minimum Gasteiger partial charge on any atom is -0.467 e. The quantitative estimate of drug-likeness (QED) is 0.633. The molecule has 1 N–H and O–H groups in total. The molecule has 0 aliphatic carbocycles. The molecule has 1 heterocycles. The van der Waals surface area contributed by atoms with Gasteiger partial charge in [-0.3, -0.25) is 4.79 Å². The number of aromatic nitrogens is 1. The maximum atomic E-state index is 12.4. The zero-order valence-electron chi connectivity index (χ0n) is 14.4. The largest absolute Gasteiger partial charge is 0.467 e. The minimum atomic E-state index is -1.14. The van der Waals surface area contributed by atoms with Gasteiger partial charge in [0.2, 0.25) is 0 Å². The highest BCUT2D eigenvalue weighted by Gasteiger charge is 2.31. The molecule has 0 saturated heterocycles. The Hall–Kier alpha value is -2.05. The highest BCUT2D eigenvalue weighted by atomic mass is 35.5. The van der Waals surface area contributed by atoms with Gasteiger partial charge in [0.25, 0.3) is 5.91 Å². The van der Waals surface area contributed by atoms with Crippen LogP contribution in [-0.4, -0.2) is 35.8 Å². The average molecular weight is 379 g/mol. The second kappa shape index (κ2) is 7.89. The summed E-state index contributed by atoms with van der Waals surface area (Å²) in [5.41, 5.74) is 0.970. The standard InChI is InChI=1S/C18H19ClN2O3S/c1-18(2,17(23)24-3)21-15(22)14-10-9-13(16(20-14)25-4)11-5-7-12(19)8-6-11/h5-10H,1-4H3,(H,21,22). The molecule has 1 amide bonds. The Balaban J connectivity index is 2.31. The first kappa shape index (κ1) is 19.3. The molecular weight excluding hydrogens is 360 g/mol. The summed E-state index contributed by atoms with van der Waals surface area (Å²) in [5, 5.41) is 4.01. The zero-order chi connectivity index (χ0) is 18.6. The molecule has 2 aromatic rings. The van der Waals surface area contributed by atoms with Crippen molar-refractivity contribution in [2.75, 3.05) is 13.4 Å². The maximum Gasteiger partial charge on any atom is 0.330 e. The molecule has 7 heteroatoms. The van der Waals surface area contributed by atoms with E-state index in [4.69, 9.17) is 16.3 Å². The van der Waals surface area contributed by atoms with E-state index < -0.39 is 17.4 Å². The third kappa shape index (κ3) is 4.52. The Morgan fingerprint density at radius 1 is 1.16 bits per heavy atom. The lowest BCUT2D eigenvalue weighted by Gasteiger charge is -2.23. The van der Waals surface area contributed by atoms with E-state index in [1.807, 2.05) is 24.5 Å². The van der Waals surface area contributed by atoms with Crippen LogP contribution in [0.5, 0.6) is 0 Å². The number of thioether (sulfide) groups is 1. The summed E-state index contributed by atoms with van der Waals surface area (Å²) in [7, 11) is 1.28. The SMILES string of the molecule is COC(=O)C(C)(C)NC(=O)c1ccc(-c2ccc(Cl)cc2)c(SC)n1. The Morgan fingerprint density at radius 3 is 2.36 bits per heavy atom. The van der Waals surface area contributed by atoms with Crippen LogP contribution in [0, 0.1) is 0 Å². The number of methoxy groups -OCH3 is 1. The number of amides is 1. The van der Waals surface area contributed by atoms with Crippen LogP contribution in [0.4, 0.5) is 0 Å². The fraction of sp³-hybridized carbons (Fsp3) is 0.278. The number of ether oxygens (including phenoxy) is 1. The van der Waals surface area contributed by atoms with Gasteiger partial charge in [0, 0.05) is 10.6 Å². The highest BCUT2D eigenvalue weighted by molar-refractivity contribution is 7.98. The summed E-state index contributed by atoms with van der Waals surface area (Å²) in [6.07, 6.45) is 1.89. The molecule has 0 radical (unpaired) electrons. The van der Waals surface area contributed by atoms with Gasteiger partial charge in [0.05, 0.1) is 7.11 Å². The minimum absolute atomic E-state index is 0.235. The third-order valence-corrected chi connectivity index (χ3v) is 4.51. The van der Waals surface area contributed by atoms with Crippen LogP contribution >= 0.6 is 23.4 Å². The molecule has 5 nitrogen and oxygen atoms in total. The molecule has 2 rings (SSSR count). The number of rotatable bonds is 5. The number of esters is 1. The van der Waals surface area contributed by atoms with Crippen LogP contribution in [0.25, 0.3) is 11.1 Å². The van der Waals surface area contributed by atoms with E-state index in [-0.39, 0.29) is 5.69 Å². The van der Waals surface area contributed by atoms with Crippen molar-refractivity contribution in [3.63, 3.8) is 0 Å². The Kier molecular flexibility index (Phi) is 6.08. The van der Waals surface area contributed by atoms with Gasteiger partial charge < -0.3 is 10.1 Å². The van der Waals surface area contributed by atoms with E-state index >= 15 is 0 Å². The van der Waals surface area contributed by atoms with Gasteiger partial charge in [0.1, 0.15) is 16.3 Å². The fourth-order valence-corrected chi connectivity index (χ4v) is 2.95. The maximum absolute atomic E-state index is 12.4. The number of hydrogen-bond donors (Lipinski definition) is 1. The monoisotopic (exact) mass is 378 g/mol. The zero-order valence-corrected chi connectivity index (χ0v) is 16.0. The van der Waals surface area contributed by atoms with Crippen molar-refractivity contribution in [1.82, 2.24) is 10.3 Å². The van der Waals surface area contributed by atoms with Gasteiger partial charge in [-0.1, -0.05) is 23.7 Å². The van der Waals surface area contributed by atoms with Gasteiger partial charge in [-0.25, -0.2) is 9.78 Å². The van der Waals surface area contributed by atoms with Crippen molar-refractivity contribution in [3.05, 3.63) is 47.1 Å². The molecule has 0 spiro atoms. The van der Waals surface area contributed by atoms with E-state index in [0.717, 1.165) is 11.1 Å². The van der Waals surface area contributed by atoms with Crippen LogP contribution in [0.15, 0.2) is 41.4 Å². The van der Waals surface area contributed by atoms with E-state index in [2.05, 4.69) is 10.3 Å². The average Bonchev–Trinajstić information content (AvgIpc) is 2.60. The van der Waals surface area contributed by atoms with Crippen molar-refractivity contribution in [1.29, 1.82) is 0 Å². The molecule has 132 valence electrons. The van der Waals surface area contributed by atoms with E-state index in [1.165, 1.54) is 18.9 Å². The fourth-order valence-electron chi connectivity index (χ4n) is 2.23. The van der Waals surface area contributed by atoms with Crippen molar-refractivity contribution in [3.8, 4) is 11.1 Å². The van der Waals surface area contributed by atoms with Gasteiger partial charge in [-0.15, -0.1) is 11.8 Å². The number of nitrogens with one attached hydrogen (secondary N) is 1. The molecule has 0 aliphatic rings. The summed E-state index contributed by atoms with van der Waals surface area (Å²) in [4.78, 5) is 28.6. The van der Waals surface area contributed by atoms with E-state index in [1.54, 1.807) is 32.0 Å². The number of pyridine rings is 1. The predicted octanol–water partition coefficient (Wildman–Crippen LogP) is 3.81. The smallest absolute Gasteiger partial charge is 0.330 e. The van der Waals surface area contributed by atoms with Crippen LogP contribution < -0.4 is 5.32 Å². The lowest BCUT2D eigenvalue weighted by Crippen LogP contribution is -2.50. The first-order valence-electron chi connectivity index (χ1n) is 7.50. The second-order valence-electron chi connectivity index (χ2n) is 5.83. The summed E-state index contributed by atoms with van der Waals surface area (Å²) >= 11 is 7.37. The van der Waals surface area contributed by atoms with Crippen LogP contribution in [0.3, 0.4) is 0 Å². The molecule has 25 heavy (non-hydrogen) atoms. The van der Waals surface area contributed by atoms with Gasteiger partial charge in [0.15, 0.2) is 0 Å². The first-order chi connectivity index (χ1) is 11.8. The predicted molar refractivity (Wildman–Crippen MR) is 100 cm³/mol. The normalized spacial score (nSPS) is 11.1. The van der Waals surface area contributed by atoms with Crippen LogP contribution in [0.1, 0.15) is 24.3 Å². The lowest BCUT2D eigenvalue weighted by atomic mass is 10.1. The number of halogens is 1. The van der Waals surface area contributed by atoms with Crippen molar-refractivity contribution in [2.45, 2.75) is 24.4 Å². The van der Waals surface area contributed by atoms with E-state index in [0.29, 0.717) is 10.0 Å². The van der Waals surface area contributed by atoms with Crippen molar-refractivity contribution in [2.24, 2.45) is 0 Å². The first-order valence-corrected chi connectivity index (χ1v) is 9.10. The number of carbonyl (C=O) groups excluding carboxylic acids is 2. The summed E-state index contributed by atoms with van der Waals surface area (Å²) in [6.45, 7) is 3.16. The number of nitrogens with zero attached hydrogens (tertiary/aromatic N) is 1. The van der Waals surface area contributed by atoms with Gasteiger partial charge in [-0.2, -0.15) is 0 Å². The molecule has 1 aromatic heterocycles. The third-order valence-electron chi connectivity index (χ3n) is 3.56. The summed E-state index contributed by atoms with van der Waals surface area (Å²) in [6, 6.07) is 10.9. The van der Waals surface area contributed by atoms with Crippen LogP contribution in [-0.2, 0) is 9.53 Å². The summed E-state index contributed by atoms with van der Waals surface area (Å²) < 4.78 is 4.69. The molecular formula is C18H19ClN2O3S. The second-order valence-corrected chi connectivity index (χ2v) is 7.06. The molecule has 0 aliphatic heterocycles. The van der Waals surface area contributed by atoms with Crippen LogP contribution in [0.2, 0.25) is 5.02 Å². The van der Waals surface area contributed by atoms with E-state index in [9.17, 15) is 9.59 Å². The molecule has 0 unspecified atom stereocenters. The molecule has 0 saturated carbocycles. The Morgan fingerprint density at radius 2 is 1.80 bits per heavy atom. The Bertz CT molecular complexity index is 791. The Labute approximate surface area is 156 Å². The molecule has 0 atom stereocenters. The van der Waals surface area contributed by atoms with Crippen molar-refractivity contribution >= 4 is 35.2 Å². The molecule has 0 fully saturated rings. The number of hydrogen-bond acceptors (Lipinski definition) is 5. The highest BCUT2D eigenvalue weighted by Crippen LogP contribution is 2.29. The van der Waals surface area contributed by atoms with Gasteiger partial charge >= 0.3 is 5.97 Å². The topological polar surface area (TPSA) is 68.3 Å². The molecule has 0 bridgehead atoms. The van der Waals surface area contributed by atoms with Crippen molar-refractivity contribution < 1.29 is 14.3 Å².